The Hall–Kier alpha value is -1.59. The monoisotopic (exact) mass is 345 g/mol. The Morgan fingerprint density at radius 1 is 1.12 bits per heavy atom. The van der Waals surface area contributed by atoms with Crippen LogP contribution in [0.3, 0.4) is 0 Å². The van der Waals surface area contributed by atoms with Crippen LogP contribution in [0, 0.1) is 5.92 Å². The minimum Gasteiger partial charge on any atom is -0.383 e. The second-order valence-electron chi connectivity index (χ2n) is 7.23. The van der Waals surface area contributed by atoms with Gasteiger partial charge in [0.25, 0.3) is 5.91 Å². The van der Waals surface area contributed by atoms with Gasteiger partial charge in [0, 0.05) is 44.5 Å². The van der Waals surface area contributed by atoms with Crippen LogP contribution in [0.2, 0.25) is 0 Å². The average molecular weight is 345 g/mol. The zero-order valence-electron chi connectivity index (χ0n) is 15.4. The molecule has 1 aromatic rings. The Balaban J connectivity index is 1.40. The van der Waals surface area contributed by atoms with Crippen molar-refractivity contribution in [2.24, 2.45) is 5.92 Å². The molecular formula is C20H31N3O2. The van der Waals surface area contributed by atoms with E-state index < -0.39 is 0 Å². The maximum atomic E-state index is 12.4. The summed E-state index contributed by atoms with van der Waals surface area (Å²) in [4.78, 5) is 17.2. The Morgan fingerprint density at radius 3 is 2.44 bits per heavy atom. The fourth-order valence-corrected chi connectivity index (χ4v) is 3.77. The van der Waals surface area contributed by atoms with E-state index in [-0.39, 0.29) is 5.91 Å². The van der Waals surface area contributed by atoms with E-state index in [4.69, 9.17) is 4.74 Å². The van der Waals surface area contributed by atoms with Crippen molar-refractivity contribution < 1.29 is 9.53 Å². The maximum absolute atomic E-state index is 12.4. The van der Waals surface area contributed by atoms with Gasteiger partial charge in [-0.1, -0.05) is 0 Å². The molecule has 138 valence electrons. The molecule has 5 nitrogen and oxygen atoms in total. The van der Waals surface area contributed by atoms with Gasteiger partial charge in [0.15, 0.2) is 0 Å². The van der Waals surface area contributed by atoms with E-state index in [0.717, 1.165) is 64.3 Å². The predicted molar refractivity (Wildman–Crippen MR) is 101 cm³/mol. The first kappa shape index (κ1) is 18.2. The molecule has 0 aromatic heterocycles. The summed E-state index contributed by atoms with van der Waals surface area (Å²) < 4.78 is 5.14. The van der Waals surface area contributed by atoms with Gasteiger partial charge in [-0.05, 0) is 69.0 Å². The lowest BCUT2D eigenvalue weighted by molar-refractivity contribution is 0.0926. The third kappa shape index (κ3) is 5.19. The highest BCUT2D eigenvalue weighted by Gasteiger charge is 2.19. The van der Waals surface area contributed by atoms with Gasteiger partial charge in [-0.25, -0.2) is 0 Å². The van der Waals surface area contributed by atoms with E-state index >= 15 is 0 Å². The highest BCUT2D eigenvalue weighted by Crippen LogP contribution is 2.20. The van der Waals surface area contributed by atoms with E-state index in [1.165, 1.54) is 18.5 Å². The molecule has 0 radical (unpaired) electrons. The second kappa shape index (κ2) is 9.20. The van der Waals surface area contributed by atoms with Crippen LogP contribution >= 0.6 is 0 Å². The Labute approximate surface area is 151 Å². The molecule has 0 aliphatic carbocycles. The number of carbonyl (C=O) groups excluding carboxylic acids is 1. The van der Waals surface area contributed by atoms with Crippen LogP contribution < -0.4 is 10.2 Å². The molecule has 1 amide bonds. The van der Waals surface area contributed by atoms with E-state index in [2.05, 4.69) is 27.2 Å². The van der Waals surface area contributed by atoms with Gasteiger partial charge in [-0.15, -0.1) is 0 Å². The molecule has 2 aliphatic heterocycles. The van der Waals surface area contributed by atoms with Crippen molar-refractivity contribution in [3.8, 4) is 0 Å². The molecule has 2 fully saturated rings. The number of nitrogens with zero attached hydrogens (tertiary/aromatic N) is 2. The normalized spacial score (nSPS) is 19.3. The number of piperidine rings is 1. The molecule has 0 bridgehead atoms. The lowest BCUT2D eigenvalue weighted by Gasteiger charge is -2.31. The largest absolute Gasteiger partial charge is 0.383 e. The SMILES string of the molecule is COCCN1CCC(CNC(=O)c2ccc(N3CCCC3)cc2)CC1. The van der Waals surface area contributed by atoms with Gasteiger partial charge in [0.1, 0.15) is 0 Å². The molecule has 1 aromatic carbocycles. The number of anilines is 1. The minimum absolute atomic E-state index is 0.0507. The average Bonchev–Trinajstić information content (AvgIpc) is 3.20. The summed E-state index contributed by atoms with van der Waals surface area (Å²) in [6.45, 7) is 7.07. The van der Waals surface area contributed by atoms with Crippen molar-refractivity contribution in [3.63, 3.8) is 0 Å². The molecule has 2 aliphatic rings. The summed E-state index contributed by atoms with van der Waals surface area (Å²) in [5.41, 5.74) is 2.00. The summed E-state index contributed by atoms with van der Waals surface area (Å²) in [5.74, 6) is 0.640. The molecule has 2 heterocycles. The van der Waals surface area contributed by atoms with Crippen molar-refractivity contribution in [2.75, 3.05) is 57.9 Å². The maximum Gasteiger partial charge on any atom is 0.251 e. The van der Waals surface area contributed by atoms with Crippen molar-refractivity contribution in [3.05, 3.63) is 29.8 Å². The van der Waals surface area contributed by atoms with Crippen LogP contribution in [-0.4, -0.2) is 63.8 Å². The highest BCUT2D eigenvalue weighted by molar-refractivity contribution is 5.94. The van der Waals surface area contributed by atoms with Gasteiger partial charge >= 0.3 is 0 Å². The minimum atomic E-state index is 0.0507. The van der Waals surface area contributed by atoms with Crippen LogP contribution in [0.15, 0.2) is 24.3 Å². The van der Waals surface area contributed by atoms with Gasteiger partial charge in [-0.2, -0.15) is 0 Å². The molecule has 25 heavy (non-hydrogen) atoms. The van der Waals surface area contributed by atoms with Crippen LogP contribution in [0.25, 0.3) is 0 Å². The highest BCUT2D eigenvalue weighted by atomic mass is 16.5. The molecule has 0 saturated carbocycles. The molecule has 0 unspecified atom stereocenters. The third-order valence-electron chi connectivity index (χ3n) is 5.47. The summed E-state index contributed by atoms with van der Waals surface area (Å²) >= 11 is 0. The topological polar surface area (TPSA) is 44.8 Å². The van der Waals surface area contributed by atoms with E-state index in [1.807, 2.05) is 12.1 Å². The van der Waals surface area contributed by atoms with Crippen LogP contribution in [0.4, 0.5) is 5.69 Å². The fraction of sp³-hybridized carbons (Fsp3) is 0.650. The van der Waals surface area contributed by atoms with Gasteiger partial charge in [0.05, 0.1) is 6.61 Å². The molecular weight excluding hydrogens is 314 g/mol. The second-order valence-corrected chi connectivity index (χ2v) is 7.23. The zero-order chi connectivity index (χ0) is 17.5. The number of hydrogen-bond donors (Lipinski definition) is 1. The number of benzene rings is 1. The van der Waals surface area contributed by atoms with Crippen LogP contribution in [0.5, 0.6) is 0 Å². The standard InChI is InChI=1S/C20H31N3O2/c1-25-15-14-22-12-8-17(9-13-22)16-21-20(24)18-4-6-19(7-5-18)23-10-2-3-11-23/h4-7,17H,2-3,8-16H2,1H3,(H,21,24). The number of hydrogen-bond acceptors (Lipinski definition) is 4. The van der Waals surface area contributed by atoms with Crippen molar-refractivity contribution in [2.45, 2.75) is 25.7 Å². The van der Waals surface area contributed by atoms with Crippen molar-refractivity contribution in [1.29, 1.82) is 0 Å². The number of methoxy groups -OCH3 is 1. The number of amides is 1. The molecule has 2 saturated heterocycles. The Morgan fingerprint density at radius 2 is 1.80 bits per heavy atom. The predicted octanol–water partition coefficient (Wildman–Crippen LogP) is 2.38. The quantitative estimate of drug-likeness (QED) is 0.824. The number of ether oxygens (including phenoxy) is 1. The molecule has 3 rings (SSSR count). The number of nitrogens with one attached hydrogen (secondary N) is 1. The Bertz CT molecular complexity index is 532. The van der Waals surface area contributed by atoms with Crippen molar-refractivity contribution >= 4 is 11.6 Å². The van der Waals surface area contributed by atoms with Crippen LogP contribution in [0.1, 0.15) is 36.0 Å². The van der Waals surface area contributed by atoms with Crippen molar-refractivity contribution in [1.82, 2.24) is 10.2 Å². The number of likely N-dealkylation sites (tertiary alicyclic amines) is 1. The van der Waals surface area contributed by atoms with E-state index in [0.29, 0.717) is 5.92 Å². The third-order valence-corrected chi connectivity index (χ3v) is 5.47. The van der Waals surface area contributed by atoms with Crippen LogP contribution in [-0.2, 0) is 4.74 Å². The smallest absolute Gasteiger partial charge is 0.251 e. The van der Waals surface area contributed by atoms with Gasteiger partial charge in [-0.3, -0.25) is 4.79 Å². The number of carbonyl (C=O) groups is 1. The van der Waals surface area contributed by atoms with Gasteiger partial charge < -0.3 is 19.9 Å². The van der Waals surface area contributed by atoms with E-state index in [9.17, 15) is 4.79 Å². The summed E-state index contributed by atoms with van der Waals surface area (Å²) in [6, 6.07) is 8.07. The summed E-state index contributed by atoms with van der Waals surface area (Å²) in [7, 11) is 1.75. The number of rotatable bonds is 7. The molecule has 0 atom stereocenters. The first-order valence-electron chi connectivity index (χ1n) is 9.61. The fourth-order valence-electron chi connectivity index (χ4n) is 3.77. The molecule has 5 heteroatoms. The van der Waals surface area contributed by atoms with Gasteiger partial charge in [0.2, 0.25) is 0 Å². The summed E-state index contributed by atoms with van der Waals surface area (Å²) in [6.07, 6.45) is 4.84. The lowest BCUT2D eigenvalue weighted by Crippen LogP contribution is -2.39. The zero-order valence-corrected chi connectivity index (χ0v) is 15.4. The first-order valence-corrected chi connectivity index (χ1v) is 9.61. The lowest BCUT2D eigenvalue weighted by atomic mass is 9.96. The van der Waals surface area contributed by atoms with E-state index in [1.54, 1.807) is 7.11 Å². The first-order chi connectivity index (χ1) is 12.3. The molecule has 1 N–H and O–H groups in total. The molecule has 0 spiro atoms. The Kier molecular flexibility index (Phi) is 6.70. The summed E-state index contributed by atoms with van der Waals surface area (Å²) in [5, 5.41) is 3.12.